The number of thiazole rings is 1. The summed E-state index contributed by atoms with van der Waals surface area (Å²) in [6.45, 7) is 3.31. The number of rotatable bonds is 2. The van der Waals surface area contributed by atoms with E-state index in [0.717, 1.165) is 41.2 Å². The number of ether oxygens (including phenoxy) is 1. The Labute approximate surface area is 145 Å². The van der Waals surface area contributed by atoms with Gasteiger partial charge in [-0.1, -0.05) is 12.1 Å². The van der Waals surface area contributed by atoms with Gasteiger partial charge in [0.25, 0.3) is 0 Å². The Balaban J connectivity index is 1.44. The van der Waals surface area contributed by atoms with Gasteiger partial charge >= 0.3 is 6.03 Å². The van der Waals surface area contributed by atoms with E-state index in [0.29, 0.717) is 13.2 Å². The van der Waals surface area contributed by atoms with Crippen molar-refractivity contribution in [3.8, 4) is 11.3 Å². The lowest BCUT2D eigenvalue weighted by molar-refractivity contribution is -0.0362. The first-order chi connectivity index (χ1) is 11.7. The minimum atomic E-state index is -0.0209. The highest BCUT2D eigenvalue weighted by Crippen LogP contribution is 2.30. The summed E-state index contributed by atoms with van der Waals surface area (Å²) in [5.41, 5.74) is 2.87. The molecule has 4 rings (SSSR count). The molecule has 5 nitrogen and oxygen atoms in total. The number of hydrogen-bond acceptors (Lipinski definition) is 4. The number of urea groups is 1. The molecule has 1 aromatic carbocycles. The average molecular weight is 343 g/mol. The lowest BCUT2D eigenvalue weighted by atomic mass is 10.1. The zero-order chi connectivity index (χ0) is 16.5. The summed E-state index contributed by atoms with van der Waals surface area (Å²) in [5.74, 6) is 0. The molecule has 2 aliphatic rings. The standard InChI is InChI=1S/C18H21N3O2S/c1-12-19-15(11-24-12)13-5-7-14(8-6-13)20-18(22)21-9-10-23-17-4-2-3-16(17)21/h5-8,11,16-17H,2-4,9-10H2,1H3,(H,20,22). The first kappa shape index (κ1) is 15.6. The molecule has 2 amide bonds. The molecule has 126 valence electrons. The summed E-state index contributed by atoms with van der Waals surface area (Å²) in [4.78, 5) is 19.1. The lowest BCUT2D eigenvalue weighted by Crippen LogP contribution is -2.52. The van der Waals surface area contributed by atoms with Gasteiger partial charge in [-0.05, 0) is 38.3 Å². The second kappa shape index (κ2) is 6.53. The van der Waals surface area contributed by atoms with Crippen molar-refractivity contribution in [2.45, 2.75) is 38.3 Å². The fraction of sp³-hybridized carbons (Fsp3) is 0.444. The van der Waals surface area contributed by atoms with Crippen molar-refractivity contribution in [2.24, 2.45) is 0 Å². The zero-order valence-corrected chi connectivity index (χ0v) is 14.5. The number of anilines is 1. The van der Waals surface area contributed by atoms with Crippen LogP contribution in [0, 0.1) is 6.92 Å². The van der Waals surface area contributed by atoms with Crippen LogP contribution in [0.2, 0.25) is 0 Å². The lowest BCUT2D eigenvalue weighted by Gasteiger charge is -2.37. The van der Waals surface area contributed by atoms with E-state index < -0.39 is 0 Å². The van der Waals surface area contributed by atoms with E-state index in [-0.39, 0.29) is 18.2 Å². The quantitative estimate of drug-likeness (QED) is 0.899. The molecular formula is C18H21N3O2S. The largest absolute Gasteiger partial charge is 0.374 e. The second-order valence-electron chi connectivity index (χ2n) is 6.36. The van der Waals surface area contributed by atoms with E-state index in [1.807, 2.05) is 36.1 Å². The predicted octanol–water partition coefficient (Wildman–Crippen LogP) is 3.90. The van der Waals surface area contributed by atoms with Crippen LogP contribution >= 0.6 is 11.3 Å². The Hall–Kier alpha value is -1.92. The minimum Gasteiger partial charge on any atom is -0.374 e. The number of carbonyl (C=O) groups excluding carboxylic acids is 1. The van der Waals surface area contributed by atoms with Crippen LogP contribution in [0.25, 0.3) is 11.3 Å². The summed E-state index contributed by atoms with van der Waals surface area (Å²) in [7, 11) is 0. The van der Waals surface area contributed by atoms with Crippen molar-refractivity contribution in [2.75, 3.05) is 18.5 Å². The summed E-state index contributed by atoms with van der Waals surface area (Å²) in [6, 6.07) is 8.09. The van der Waals surface area contributed by atoms with Crippen molar-refractivity contribution in [3.63, 3.8) is 0 Å². The molecule has 2 aromatic rings. The van der Waals surface area contributed by atoms with E-state index in [9.17, 15) is 4.79 Å². The molecule has 0 spiro atoms. The molecule has 1 saturated heterocycles. The highest BCUT2D eigenvalue weighted by Gasteiger charge is 2.38. The molecule has 2 unspecified atom stereocenters. The summed E-state index contributed by atoms with van der Waals surface area (Å²) in [6.07, 6.45) is 3.47. The first-order valence-corrected chi connectivity index (χ1v) is 9.30. The van der Waals surface area contributed by atoms with E-state index in [1.54, 1.807) is 11.3 Å². The normalized spacial score (nSPS) is 23.1. The summed E-state index contributed by atoms with van der Waals surface area (Å²) in [5, 5.41) is 6.13. The Morgan fingerprint density at radius 1 is 1.33 bits per heavy atom. The molecular weight excluding hydrogens is 322 g/mol. The van der Waals surface area contributed by atoms with Crippen LogP contribution in [-0.4, -0.2) is 41.2 Å². The van der Waals surface area contributed by atoms with Crippen LogP contribution in [0.15, 0.2) is 29.6 Å². The fourth-order valence-corrected chi connectivity index (χ4v) is 4.22. The number of fused-ring (bicyclic) bond motifs is 1. The second-order valence-corrected chi connectivity index (χ2v) is 7.42. The zero-order valence-electron chi connectivity index (χ0n) is 13.7. The van der Waals surface area contributed by atoms with Crippen molar-refractivity contribution in [3.05, 3.63) is 34.7 Å². The summed E-state index contributed by atoms with van der Waals surface area (Å²) < 4.78 is 5.77. The maximum absolute atomic E-state index is 12.6. The van der Waals surface area contributed by atoms with E-state index in [4.69, 9.17) is 4.74 Å². The van der Waals surface area contributed by atoms with Gasteiger partial charge in [-0.2, -0.15) is 0 Å². The third kappa shape index (κ3) is 3.03. The molecule has 24 heavy (non-hydrogen) atoms. The predicted molar refractivity (Wildman–Crippen MR) is 95.4 cm³/mol. The molecule has 6 heteroatoms. The van der Waals surface area contributed by atoms with Gasteiger partial charge in [0.1, 0.15) is 0 Å². The van der Waals surface area contributed by atoms with E-state index in [1.165, 1.54) is 0 Å². The number of nitrogens with zero attached hydrogens (tertiary/aromatic N) is 2. The highest BCUT2D eigenvalue weighted by atomic mass is 32.1. The SMILES string of the molecule is Cc1nc(-c2ccc(NC(=O)N3CCOC4CCCC43)cc2)cs1. The van der Waals surface area contributed by atoms with Crippen LogP contribution < -0.4 is 5.32 Å². The Kier molecular flexibility index (Phi) is 4.24. The third-order valence-electron chi connectivity index (χ3n) is 4.79. The van der Waals surface area contributed by atoms with Gasteiger partial charge in [-0.15, -0.1) is 11.3 Å². The monoisotopic (exact) mass is 343 g/mol. The van der Waals surface area contributed by atoms with Crippen LogP contribution in [0.4, 0.5) is 10.5 Å². The maximum atomic E-state index is 12.6. The molecule has 2 atom stereocenters. The van der Waals surface area contributed by atoms with Gasteiger partial charge in [0.2, 0.25) is 0 Å². The van der Waals surface area contributed by atoms with Crippen LogP contribution in [0.3, 0.4) is 0 Å². The number of aromatic nitrogens is 1. The molecule has 0 bridgehead atoms. The Bertz CT molecular complexity index is 728. The van der Waals surface area contributed by atoms with Gasteiger partial charge < -0.3 is 15.0 Å². The number of amides is 2. The molecule has 1 aromatic heterocycles. The first-order valence-electron chi connectivity index (χ1n) is 8.42. The molecule has 2 fully saturated rings. The molecule has 1 saturated carbocycles. The smallest absolute Gasteiger partial charge is 0.322 e. The van der Waals surface area contributed by atoms with Crippen LogP contribution in [-0.2, 0) is 4.74 Å². The number of carbonyl (C=O) groups is 1. The Morgan fingerprint density at radius 2 is 2.17 bits per heavy atom. The summed E-state index contributed by atoms with van der Waals surface area (Å²) >= 11 is 1.64. The minimum absolute atomic E-state index is 0.0209. The number of nitrogens with one attached hydrogen (secondary N) is 1. The van der Waals surface area contributed by atoms with Crippen LogP contribution in [0.5, 0.6) is 0 Å². The average Bonchev–Trinajstić information content (AvgIpc) is 3.24. The van der Waals surface area contributed by atoms with Gasteiger partial charge in [-0.3, -0.25) is 0 Å². The fourth-order valence-electron chi connectivity index (χ4n) is 3.59. The molecule has 0 radical (unpaired) electrons. The van der Waals surface area contributed by atoms with E-state index >= 15 is 0 Å². The molecule has 1 aliphatic heterocycles. The van der Waals surface area contributed by atoms with Gasteiger partial charge in [0.15, 0.2) is 0 Å². The van der Waals surface area contributed by atoms with Gasteiger partial charge in [0, 0.05) is 23.2 Å². The van der Waals surface area contributed by atoms with Gasteiger partial charge in [-0.25, -0.2) is 9.78 Å². The van der Waals surface area contributed by atoms with Crippen molar-refractivity contribution < 1.29 is 9.53 Å². The van der Waals surface area contributed by atoms with Gasteiger partial charge in [0.05, 0.1) is 29.5 Å². The van der Waals surface area contributed by atoms with Crippen LogP contribution in [0.1, 0.15) is 24.3 Å². The topological polar surface area (TPSA) is 54.5 Å². The maximum Gasteiger partial charge on any atom is 0.322 e. The molecule has 1 N–H and O–H groups in total. The Morgan fingerprint density at radius 3 is 2.92 bits per heavy atom. The number of morpholine rings is 1. The third-order valence-corrected chi connectivity index (χ3v) is 5.57. The number of hydrogen-bond donors (Lipinski definition) is 1. The van der Waals surface area contributed by atoms with Crippen molar-refractivity contribution in [1.82, 2.24) is 9.88 Å². The van der Waals surface area contributed by atoms with E-state index in [2.05, 4.69) is 15.7 Å². The molecule has 1 aliphatic carbocycles. The van der Waals surface area contributed by atoms with Crippen molar-refractivity contribution in [1.29, 1.82) is 0 Å². The number of benzene rings is 1. The highest BCUT2D eigenvalue weighted by molar-refractivity contribution is 7.09. The number of aryl methyl sites for hydroxylation is 1. The van der Waals surface area contributed by atoms with Crippen molar-refractivity contribution >= 4 is 23.1 Å². The molecule has 2 heterocycles.